The number of amides is 1. The molecule has 1 aromatic heterocycles. The number of nitrogens with one attached hydrogen (secondary N) is 1. The molecule has 27 heavy (non-hydrogen) atoms. The van der Waals surface area contributed by atoms with Crippen LogP contribution in [-0.4, -0.2) is 40.8 Å². The van der Waals surface area contributed by atoms with Gasteiger partial charge in [-0.3, -0.25) is 4.79 Å². The molecule has 1 amide bonds. The number of hydrogen-bond acceptors (Lipinski definition) is 7. The molecule has 1 heterocycles. The lowest BCUT2D eigenvalue weighted by Gasteiger charge is -2.09. The van der Waals surface area contributed by atoms with Gasteiger partial charge in [0.2, 0.25) is 11.1 Å². The van der Waals surface area contributed by atoms with E-state index in [1.54, 1.807) is 26.4 Å². The van der Waals surface area contributed by atoms with Crippen LogP contribution >= 0.6 is 11.8 Å². The first-order valence-corrected chi connectivity index (χ1v) is 9.01. The zero-order chi connectivity index (χ0) is 19.2. The highest BCUT2D eigenvalue weighted by Gasteiger charge is 2.15. The maximum Gasteiger partial charge on any atom is 0.234 e. The molecule has 0 unspecified atom stereocenters. The highest BCUT2D eigenvalue weighted by molar-refractivity contribution is 7.99. The second-order valence-electron chi connectivity index (χ2n) is 5.45. The summed E-state index contributed by atoms with van der Waals surface area (Å²) in [4.78, 5) is 12.1. The summed E-state index contributed by atoms with van der Waals surface area (Å²) in [6.07, 6.45) is 0. The normalized spacial score (nSPS) is 10.4. The van der Waals surface area contributed by atoms with Crippen molar-refractivity contribution in [3.8, 4) is 22.9 Å². The number of anilines is 1. The predicted molar refractivity (Wildman–Crippen MR) is 105 cm³/mol. The lowest BCUT2D eigenvalue weighted by molar-refractivity contribution is -0.113. The highest BCUT2D eigenvalue weighted by Crippen LogP contribution is 2.32. The van der Waals surface area contributed by atoms with Crippen molar-refractivity contribution < 1.29 is 14.3 Å². The second kappa shape index (κ2) is 8.45. The quantitative estimate of drug-likeness (QED) is 0.475. The van der Waals surface area contributed by atoms with Gasteiger partial charge >= 0.3 is 0 Å². The van der Waals surface area contributed by atoms with Crippen molar-refractivity contribution in [2.75, 3.05) is 31.1 Å². The molecule has 140 valence electrons. The molecule has 9 heteroatoms. The molecule has 0 bridgehead atoms. The average Bonchev–Trinajstić information content (AvgIpc) is 3.07. The molecule has 0 aliphatic carbocycles. The number of thioether (sulfide) groups is 1. The molecule has 0 saturated heterocycles. The molecule has 0 fully saturated rings. The molecule has 0 aliphatic rings. The van der Waals surface area contributed by atoms with E-state index in [0.717, 1.165) is 11.3 Å². The van der Waals surface area contributed by atoms with Crippen molar-refractivity contribution in [1.82, 2.24) is 14.9 Å². The molecule has 3 N–H and O–H groups in total. The first-order chi connectivity index (χ1) is 13.1. The van der Waals surface area contributed by atoms with E-state index in [1.807, 2.05) is 36.4 Å². The van der Waals surface area contributed by atoms with E-state index in [-0.39, 0.29) is 11.7 Å². The van der Waals surface area contributed by atoms with Crippen molar-refractivity contribution in [1.29, 1.82) is 0 Å². The molecule has 2 aromatic carbocycles. The van der Waals surface area contributed by atoms with Crippen LogP contribution in [0.4, 0.5) is 5.69 Å². The molecular formula is C18H19N5O3S. The number of carbonyl (C=O) groups is 1. The Morgan fingerprint density at radius 3 is 2.56 bits per heavy atom. The number of methoxy groups -OCH3 is 2. The molecule has 0 radical (unpaired) electrons. The van der Waals surface area contributed by atoms with Gasteiger partial charge < -0.3 is 20.6 Å². The Bertz CT molecular complexity index is 930. The van der Waals surface area contributed by atoms with Crippen molar-refractivity contribution in [3.63, 3.8) is 0 Å². The van der Waals surface area contributed by atoms with E-state index in [0.29, 0.717) is 22.5 Å². The number of nitrogen functional groups attached to an aromatic ring is 1. The summed E-state index contributed by atoms with van der Waals surface area (Å²) in [6.45, 7) is 0. The molecule has 0 atom stereocenters. The van der Waals surface area contributed by atoms with Gasteiger partial charge in [0.1, 0.15) is 0 Å². The molecule has 3 rings (SSSR count). The molecule has 0 spiro atoms. The predicted octanol–water partition coefficient (Wildman–Crippen LogP) is 2.41. The molecule has 3 aromatic rings. The summed E-state index contributed by atoms with van der Waals surface area (Å²) in [5.41, 5.74) is 1.46. The number of nitrogens with zero attached hydrogens (tertiary/aromatic N) is 3. The summed E-state index contributed by atoms with van der Waals surface area (Å²) in [6, 6.07) is 14.6. The van der Waals surface area contributed by atoms with Crippen LogP contribution in [0.25, 0.3) is 11.4 Å². The summed E-state index contributed by atoms with van der Waals surface area (Å²) in [5.74, 6) is 7.75. The third-order valence-electron chi connectivity index (χ3n) is 3.70. The van der Waals surface area contributed by atoms with Crippen LogP contribution in [0.3, 0.4) is 0 Å². The standard InChI is InChI=1S/C18H19N5O3S/c1-25-14-9-8-12(10-15(14)26-2)17-21-22-18(23(17)19)27-11-16(24)20-13-6-4-3-5-7-13/h3-10H,11,19H2,1-2H3,(H,20,24). The number of aromatic nitrogens is 3. The minimum atomic E-state index is -0.151. The van der Waals surface area contributed by atoms with Crippen LogP contribution < -0.4 is 20.6 Å². The van der Waals surface area contributed by atoms with Gasteiger partial charge in [0.15, 0.2) is 17.3 Å². The molecule has 0 saturated carbocycles. The van der Waals surface area contributed by atoms with E-state index in [2.05, 4.69) is 15.5 Å². The van der Waals surface area contributed by atoms with Gasteiger partial charge in [-0.05, 0) is 30.3 Å². The Hall–Kier alpha value is -3.20. The Morgan fingerprint density at radius 2 is 1.85 bits per heavy atom. The smallest absolute Gasteiger partial charge is 0.234 e. The summed E-state index contributed by atoms with van der Waals surface area (Å²) >= 11 is 1.20. The van der Waals surface area contributed by atoms with Crippen LogP contribution in [-0.2, 0) is 4.79 Å². The van der Waals surface area contributed by atoms with Gasteiger partial charge in [-0.25, -0.2) is 4.68 Å². The maximum absolute atomic E-state index is 12.1. The number of hydrogen-bond donors (Lipinski definition) is 2. The first kappa shape index (κ1) is 18.6. The second-order valence-corrected chi connectivity index (χ2v) is 6.39. The van der Waals surface area contributed by atoms with Crippen LogP contribution in [0.2, 0.25) is 0 Å². The summed E-state index contributed by atoms with van der Waals surface area (Å²) in [7, 11) is 3.12. The largest absolute Gasteiger partial charge is 0.493 e. The minimum Gasteiger partial charge on any atom is -0.493 e. The number of rotatable bonds is 7. The van der Waals surface area contributed by atoms with Crippen LogP contribution in [0.5, 0.6) is 11.5 Å². The van der Waals surface area contributed by atoms with E-state index in [1.165, 1.54) is 16.4 Å². The third kappa shape index (κ3) is 4.32. The van der Waals surface area contributed by atoms with Crippen molar-refractivity contribution in [2.24, 2.45) is 0 Å². The Morgan fingerprint density at radius 1 is 1.11 bits per heavy atom. The summed E-state index contributed by atoms with van der Waals surface area (Å²) in [5, 5.41) is 11.4. The van der Waals surface area contributed by atoms with Gasteiger partial charge in [-0.2, -0.15) is 0 Å². The molecule has 8 nitrogen and oxygen atoms in total. The van der Waals surface area contributed by atoms with Crippen LogP contribution in [0, 0.1) is 0 Å². The van der Waals surface area contributed by atoms with Gasteiger partial charge in [-0.1, -0.05) is 30.0 Å². The number of nitrogens with two attached hydrogens (primary N) is 1. The maximum atomic E-state index is 12.1. The van der Waals surface area contributed by atoms with E-state index in [9.17, 15) is 4.79 Å². The third-order valence-corrected chi connectivity index (χ3v) is 4.64. The zero-order valence-corrected chi connectivity index (χ0v) is 15.7. The van der Waals surface area contributed by atoms with Gasteiger partial charge in [0.05, 0.1) is 20.0 Å². The Balaban J connectivity index is 1.69. The fourth-order valence-corrected chi connectivity index (χ4v) is 3.05. The number of para-hydroxylation sites is 1. The first-order valence-electron chi connectivity index (χ1n) is 8.03. The highest BCUT2D eigenvalue weighted by atomic mass is 32.2. The fourth-order valence-electron chi connectivity index (χ4n) is 2.40. The molecule has 0 aliphatic heterocycles. The number of carbonyl (C=O) groups excluding carboxylic acids is 1. The average molecular weight is 385 g/mol. The zero-order valence-electron chi connectivity index (χ0n) is 14.9. The number of ether oxygens (including phenoxy) is 2. The monoisotopic (exact) mass is 385 g/mol. The van der Waals surface area contributed by atoms with Gasteiger partial charge in [0.25, 0.3) is 0 Å². The van der Waals surface area contributed by atoms with Gasteiger partial charge in [0, 0.05) is 11.3 Å². The minimum absolute atomic E-state index is 0.151. The lowest BCUT2D eigenvalue weighted by atomic mass is 10.2. The SMILES string of the molecule is COc1ccc(-c2nnc(SCC(=O)Nc3ccccc3)n2N)cc1OC. The van der Waals surface area contributed by atoms with E-state index < -0.39 is 0 Å². The van der Waals surface area contributed by atoms with Gasteiger partial charge in [-0.15, -0.1) is 10.2 Å². The molecular weight excluding hydrogens is 366 g/mol. The Kier molecular flexibility index (Phi) is 5.82. The van der Waals surface area contributed by atoms with Crippen molar-refractivity contribution in [2.45, 2.75) is 5.16 Å². The van der Waals surface area contributed by atoms with Crippen LogP contribution in [0.15, 0.2) is 53.7 Å². The fraction of sp³-hybridized carbons (Fsp3) is 0.167. The van der Waals surface area contributed by atoms with Crippen molar-refractivity contribution in [3.05, 3.63) is 48.5 Å². The van der Waals surface area contributed by atoms with E-state index in [4.69, 9.17) is 15.3 Å². The lowest BCUT2D eigenvalue weighted by Crippen LogP contribution is -2.16. The summed E-state index contributed by atoms with van der Waals surface area (Å²) < 4.78 is 11.9. The number of benzene rings is 2. The topological polar surface area (TPSA) is 104 Å². The van der Waals surface area contributed by atoms with Crippen LogP contribution in [0.1, 0.15) is 0 Å². The Labute approximate surface area is 160 Å². The van der Waals surface area contributed by atoms with Crippen molar-refractivity contribution >= 4 is 23.4 Å². The van der Waals surface area contributed by atoms with E-state index >= 15 is 0 Å².